The van der Waals surface area contributed by atoms with E-state index < -0.39 is 0 Å². The summed E-state index contributed by atoms with van der Waals surface area (Å²) >= 11 is 5.85. The van der Waals surface area contributed by atoms with Crippen LogP contribution in [0.2, 0.25) is 0 Å². The SMILES string of the molecule is Nc1n[nH]c(-c2cc(I)ccc2Br)c1-c1ccccn1. The number of nitrogens with two attached hydrogens (primary N) is 1. The Bertz CT molecular complexity index is 755. The van der Waals surface area contributed by atoms with E-state index in [4.69, 9.17) is 5.73 Å². The number of nitrogen functional groups attached to an aromatic ring is 1. The van der Waals surface area contributed by atoms with E-state index in [1.165, 1.54) is 0 Å². The van der Waals surface area contributed by atoms with Crippen LogP contribution in [0.25, 0.3) is 22.5 Å². The fourth-order valence-corrected chi connectivity index (χ4v) is 2.95. The highest BCUT2D eigenvalue weighted by Crippen LogP contribution is 2.37. The first kappa shape index (κ1) is 13.6. The second-order valence-electron chi connectivity index (χ2n) is 4.20. The Hall–Kier alpha value is -1.41. The van der Waals surface area contributed by atoms with Gasteiger partial charge in [0.15, 0.2) is 5.82 Å². The van der Waals surface area contributed by atoms with E-state index in [2.05, 4.69) is 59.8 Å². The van der Waals surface area contributed by atoms with E-state index >= 15 is 0 Å². The summed E-state index contributed by atoms with van der Waals surface area (Å²) in [7, 11) is 0. The van der Waals surface area contributed by atoms with Gasteiger partial charge in [0.2, 0.25) is 0 Å². The zero-order chi connectivity index (χ0) is 14.1. The van der Waals surface area contributed by atoms with Crippen molar-refractivity contribution < 1.29 is 0 Å². The Morgan fingerprint density at radius 2 is 2.05 bits per heavy atom. The smallest absolute Gasteiger partial charge is 0.155 e. The Balaban J connectivity index is 2.24. The minimum atomic E-state index is 0.449. The van der Waals surface area contributed by atoms with Crippen LogP contribution in [0.15, 0.2) is 47.1 Å². The molecule has 0 aliphatic heterocycles. The number of rotatable bonds is 2. The molecule has 0 aliphatic carbocycles. The van der Waals surface area contributed by atoms with Gasteiger partial charge < -0.3 is 5.73 Å². The number of nitrogens with one attached hydrogen (secondary N) is 1. The number of benzene rings is 1. The van der Waals surface area contributed by atoms with Gasteiger partial charge in [0, 0.05) is 19.8 Å². The first-order chi connectivity index (χ1) is 9.66. The normalized spacial score (nSPS) is 10.7. The summed E-state index contributed by atoms with van der Waals surface area (Å²) in [4.78, 5) is 4.36. The largest absolute Gasteiger partial charge is 0.382 e. The standard InChI is InChI=1S/C14H10BrIN4/c15-10-5-4-8(16)7-9(10)13-12(14(17)20-19-13)11-3-1-2-6-18-11/h1-7H,(H3,17,19,20). The Kier molecular flexibility index (Phi) is 3.75. The van der Waals surface area contributed by atoms with Crippen molar-refractivity contribution in [3.8, 4) is 22.5 Å². The molecule has 3 N–H and O–H groups in total. The molecule has 0 atom stereocenters. The molecule has 0 fully saturated rings. The van der Waals surface area contributed by atoms with Crippen LogP contribution in [0.1, 0.15) is 0 Å². The predicted molar refractivity (Wildman–Crippen MR) is 92.1 cm³/mol. The molecule has 2 aromatic heterocycles. The number of pyridine rings is 1. The third-order valence-corrected chi connectivity index (χ3v) is 4.28. The fourth-order valence-electron chi connectivity index (χ4n) is 2.01. The zero-order valence-electron chi connectivity index (χ0n) is 10.3. The summed E-state index contributed by atoms with van der Waals surface area (Å²) in [6.45, 7) is 0. The highest BCUT2D eigenvalue weighted by atomic mass is 127. The molecule has 20 heavy (non-hydrogen) atoms. The molecule has 0 saturated heterocycles. The maximum Gasteiger partial charge on any atom is 0.155 e. The predicted octanol–water partition coefficient (Wildman–Crippen LogP) is 4.09. The van der Waals surface area contributed by atoms with Gasteiger partial charge in [-0.05, 0) is 52.9 Å². The number of aromatic amines is 1. The lowest BCUT2D eigenvalue weighted by atomic mass is 10.0. The van der Waals surface area contributed by atoms with E-state index in [0.717, 1.165) is 30.6 Å². The molecule has 1 aromatic carbocycles. The average molecular weight is 441 g/mol. The third-order valence-electron chi connectivity index (χ3n) is 2.91. The Morgan fingerprint density at radius 1 is 1.20 bits per heavy atom. The molecule has 0 aliphatic rings. The van der Waals surface area contributed by atoms with Gasteiger partial charge >= 0.3 is 0 Å². The number of nitrogens with zero attached hydrogens (tertiary/aromatic N) is 2. The van der Waals surface area contributed by atoms with Crippen molar-refractivity contribution in [3.63, 3.8) is 0 Å². The lowest BCUT2D eigenvalue weighted by Gasteiger charge is -2.06. The van der Waals surface area contributed by atoms with Gasteiger partial charge in [0.25, 0.3) is 0 Å². The monoisotopic (exact) mass is 440 g/mol. The van der Waals surface area contributed by atoms with Crippen LogP contribution in [0.5, 0.6) is 0 Å². The van der Waals surface area contributed by atoms with Crippen molar-refractivity contribution >= 4 is 44.3 Å². The molecule has 4 nitrogen and oxygen atoms in total. The van der Waals surface area contributed by atoms with Crippen LogP contribution in [-0.2, 0) is 0 Å². The molecular formula is C14H10BrIN4. The molecule has 0 saturated carbocycles. The van der Waals surface area contributed by atoms with Gasteiger partial charge in [-0.15, -0.1) is 0 Å². The van der Waals surface area contributed by atoms with E-state index in [9.17, 15) is 0 Å². The molecule has 6 heteroatoms. The van der Waals surface area contributed by atoms with Crippen LogP contribution in [0.3, 0.4) is 0 Å². The number of anilines is 1. The van der Waals surface area contributed by atoms with Gasteiger partial charge in [0.05, 0.1) is 17.0 Å². The number of H-pyrrole nitrogens is 1. The summed E-state index contributed by atoms with van der Waals surface area (Å²) in [5.74, 6) is 0.449. The highest BCUT2D eigenvalue weighted by Gasteiger charge is 2.17. The fraction of sp³-hybridized carbons (Fsp3) is 0. The second kappa shape index (κ2) is 5.53. The lowest BCUT2D eigenvalue weighted by Crippen LogP contribution is -1.91. The van der Waals surface area contributed by atoms with Gasteiger partial charge in [-0.3, -0.25) is 10.1 Å². The van der Waals surface area contributed by atoms with Gasteiger partial charge in [-0.1, -0.05) is 22.0 Å². The van der Waals surface area contributed by atoms with Crippen molar-refractivity contribution in [2.45, 2.75) is 0 Å². The minimum absolute atomic E-state index is 0.449. The summed E-state index contributed by atoms with van der Waals surface area (Å²) < 4.78 is 2.12. The molecular weight excluding hydrogens is 431 g/mol. The molecule has 0 spiro atoms. The molecule has 2 heterocycles. The van der Waals surface area contributed by atoms with Crippen LogP contribution in [-0.4, -0.2) is 15.2 Å². The Morgan fingerprint density at radius 3 is 2.80 bits per heavy atom. The number of hydrogen-bond donors (Lipinski definition) is 2. The van der Waals surface area contributed by atoms with Gasteiger partial charge in [0.1, 0.15) is 0 Å². The molecule has 0 amide bonds. The lowest BCUT2D eigenvalue weighted by molar-refractivity contribution is 1.10. The quantitative estimate of drug-likeness (QED) is 0.590. The average Bonchev–Trinajstić information content (AvgIpc) is 2.84. The van der Waals surface area contributed by atoms with Crippen molar-refractivity contribution in [2.75, 3.05) is 5.73 Å². The maximum absolute atomic E-state index is 6.00. The van der Waals surface area contributed by atoms with E-state index in [1.54, 1.807) is 6.20 Å². The number of aromatic nitrogens is 3. The molecule has 3 rings (SSSR count). The second-order valence-corrected chi connectivity index (χ2v) is 6.30. The van der Waals surface area contributed by atoms with Gasteiger partial charge in [-0.25, -0.2) is 0 Å². The van der Waals surface area contributed by atoms with Crippen LogP contribution in [0.4, 0.5) is 5.82 Å². The summed E-state index contributed by atoms with van der Waals surface area (Å²) in [6, 6.07) is 11.9. The highest BCUT2D eigenvalue weighted by molar-refractivity contribution is 14.1. The van der Waals surface area contributed by atoms with E-state index in [-0.39, 0.29) is 0 Å². The number of hydrogen-bond acceptors (Lipinski definition) is 3. The van der Waals surface area contributed by atoms with Crippen LogP contribution < -0.4 is 5.73 Å². The van der Waals surface area contributed by atoms with Crippen molar-refractivity contribution in [1.82, 2.24) is 15.2 Å². The first-order valence-electron chi connectivity index (χ1n) is 5.87. The molecule has 0 unspecified atom stereocenters. The minimum Gasteiger partial charge on any atom is -0.382 e. The summed E-state index contributed by atoms with van der Waals surface area (Å²) in [5, 5.41) is 7.14. The molecule has 3 aromatic rings. The van der Waals surface area contributed by atoms with Crippen molar-refractivity contribution in [3.05, 3.63) is 50.6 Å². The van der Waals surface area contributed by atoms with Gasteiger partial charge in [-0.2, -0.15) is 5.10 Å². The molecule has 0 bridgehead atoms. The third kappa shape index (κ3) is 2.45. The number of halogens is 2. The maximum atomic E-state index is 6.00. The summed E-state index contributed by atoms with van der Waals surface area (Å²) in [5.41, 5.74) is 9.51. The summed E-state index contributed by atoms with van der Waals surface area (Å²) in [6.07, 6.45) is 1.75. The zero-order valence-corrected chi connectivity index (χ0v) is 14.0. The van der Waals surface area contributed by atoms with E-state index in [1.807, 2.05) is 30.3 Å². The topological polar surface area (TPSA) is 67.6 Å². The van der Waals surface area contributed by atoms with Crippen molar-refractivity contribution in [2.24, 2.45) is 0 Å². The Labute approximate surface area is 138 Å². The van der Waals surface area contributed by atoms with E-state index in [0.29, 0.717) is 5.82 Å². The molecule has 100 valence electrons. The van der Waals surface area contributed by atoms with Crippen LogP contribution in [0, 0.1) is 3.57 Å². The van der Waals surface area contributed by atoms with Crippen molar-refractivity contribution in [1.29, 1.82) is 0 Å². The van der Waals surface area contributed by atoms with Crippen LogP contribution >= 0.6 is 38.5 Å². The first-order valence-corrected chi connectivity index (χ1v) is 7.74. The molecule has 0 radical (unpaired) electrons.